The molecule has 2 aromatic carbocycles. The van der Waals surface area contributed by atoms with Gasteiger partial charge < -0.3 is 19.9 Å². The summed E-state index contributed by atoms with van der Waals surface area (Å²) in [5.41, 5.74) is 2.44. The molecule has 33 heavy (non-hydrogen) atoms. The van der Waals surface area contributed by atoms with Crippen molar-refractivity contribution in [3.8, 4) is 5.75 Å². The van der Waals surface area contributed by atoms with Crippen LogP contribution in [0.4, 0.5) is 8.78 Å². The predicted octanol–water partition coefficient (Wildman–Crippen LogP) is 3.66. The average Bonchev–Trinajstić information content (AvgIpc) is 2.79. The Hall–Kier alpha value is -3.04. The molecule has 1 amide bonds. The van der Waals surface area contributed by atoms with Gasteiger partial charge in [-0.15, -0.1) is 0 Å². The van der Waals surface area contributed by atoms with Crippen LogP contribution in [0.1, 0.15) is 22.4 Å². The van der Waals surface area contributed by atoms with Crippen LogP contribution in [0, 0.1) is 18.6 Å². The number of rotatable bonds is 9. The molecule has 3 rings (SSSR count). The maximum Gasteiger partial charge on any atom is 0.269 e. The van der Waals surface area contributed by atoms with Gasteiger partial charge in [0.15, 0.2) is 0 Å². The van der Waals surface area contributed by atoms with Crippen molar-refractivity contribution in [3.63, 3.8) is 0 Å². The zero-order chi connectivity index (χ0) is 24.0. The van der Waals surface area contributed by atoms with Crippen molar-refractivity contribution in [1.82, 2.24) is 15.2 Å². The van der Waals surface area contributed by atoms with Crippen molar-refractivity contribution in [1.29, 1.82) is 0 Å². The highest BCUT2D eigenvalue weighted by Gasteiger charge is 2.14. The number of benzene rings is 2. The summed E-state index contributed by atoms with van der Waals surface area (Å²) in [4.78, 5) is 24.5. The van der Waals surface area contributed by atoms with Crippen LogP contribution >= 0.6 is 15.9 Å². The minimum Gasteiger partial charge on any atom is -0.487 e. The summed E-state index contributed by atoms with van der Waals surface area (Å²) in [6, 6.07) is 12.6. The zero-order valence-corrected chi connectivity index (χ0v) is 19.8. The number of aryl methyl sites for hydroxylation is 1. The smallest absolute Gasteiger partial charge is 0.269 e. The molecule has 6 nitrogen and oxygen atoms in total. The van der Waals surface area contributed by atoms with Gasteiger partial charge in [0.05, 0.1) is 13.1 Å². The Morgan fingerprint density at radius 3 is 2.45 bits per heavy atom. The van der Waals surface area contributed by atoms with Gasteiger partial charge in [-0.25, -0.2) is 8.78 Å². The number of carbonyl (C=O) groups is 1. The first-order valence-corrected chi connectivity index (χ1v) is 11.0. The number of ether oxygens (including phenoxy) is 1. The van der Waals surface area contributed by atoms with E-state index in [4.69, 9.17) is 4.74 Å². The normalized spacial score (nSPS) is 10.8. The van der Waals surface area contributed by atoms with E-state index >= 15 is 0 Å². The van der Waals surface area contributed by atoms with E-state index in [0.29, 0.717) is 18.8 Å². The molecule has 9 heteroatoms. The third-order valence-corrected chi connectivity index (χ3v) is 5.73. The monoisotopic (exact) mass is 519 g/mol. The average molecular weight is 520 g/mol. The Labute approximate surface area is 198 Å². The maximum absolute atomic E-state index is 13.8. The lowest BCUT2D eigenvalue weighted by Crippen LogP contribution is -2.31. The Bertz CT molecular complexity index is 1200. The molecule has 174 valence electrons. The highest BCUT2D eigenvalue weighted by Crippen LogP contribution is 2.24. The summed E-state index contributed by atoms with van der Waals surface area (Å²) >= 11 is 3.28. The number of amides is 1. The van der Waals surface area contributed by atoms with Crippen molar-refractivity contribution < 1.29 is 18.3 Å². The molecule has 0 radical (unpaired) electrons. The van der Waals surface area contributed by atoms with Crippen LogP contribution in [0.5, 0.6) is 5.75 Å². The molecule has 0 spiro atoms. The summed E-state index contributed by atoms with van der Waals surface area (Å²) < 4.78 is 34.4. The van der Waals surface area contributed by atoms with Crippen molar-refractivity contribution in [2.24, 2.45) is 0 Å². The van der Waals surface area contributed by atoms with Crippen LogP contribution in [-0.2, 0) is 24.5 Å². The Morgan fingerprint density at radius 1 is 1.09 bits per heavy atom. The molecule has 3 aromatic rings. The van der Waals surface area contributed by atoms with E-state index in [2.05, 4.69) is 26.6 Å². The number of likely N-dealkylation sites (N-methyl/N-ethyl adjacent to an activating group) is 1. The van der Waals surface area contributed by atoms with E-state index in [1.165, 1.54) is 6.07 Å². The van der Waals surface area contributed by atoms with Crippen molar-refractivity contribution in [2.75, 3.05) is 13.6 Å². The number of pyridine rings is 1. The zero-order valence-electron chi connectivity index (χ0n) is 18.3. The Kier molecular flexibility index (Phi) is 8.35. The second-order valence-electron chi connectivity index (χ2n) is 7.50. The summed E-state index contributed by atoms with van der Waals surface area (Å²) in [6.07, 6.45) is 0. The highest BCUT2D eigenvalue weighted by molar-refractivity contribution is 9.10. The fourth-order valence-electron chi connectivity index (χ4n) is 3.18. The lowest BCUT2D eigenvalue weighted by Gasteiger charge is -2.15. The molecule has 2 N–H and O–H groups in total. The van der Waals surface area contributed by atoms with Crippen LogP contribution in [0.3, 0.4) is 0 Å². The molecule has 0 aliphatic rings. The fourth-order valence-corrected chi connectivity index (χ4v) is 3.62. The molecule has 0 fully saturated rings. The number of halogens is 3. The van der Waals surface area contributed by atoms with E-state index in [-0.39, 0.29) is 40.4 Å². The molecule has 0 aliphatic heterocycles. The maximum atomic E-state index is 13.8. The summed E-state index contributed by atoms with van der Waals surface area (Å²) in [7, 11) is 1.71. The first kappa shape index (κ1) is 24.6. The van der Waals surface area contributed by atoms with Crippen molar-refractivity contribution in [3.05, 3.63) is 97.4 Å². The number of hydrogen-bond acceptors (Lipinski definition) is 4. The second-order valence-corrected chi connectivity index (χ2v) is 8.30. The summed E-state index contributed by atoms with van der Waals surface area (Å²) in [5.74, 6) is -1.17. The molecule has 0 bridgehead atoms. The molecule has 0 saturated carbocycles. The van der Waals surface area contributed by atoms with E-state index < -0.39 is 11.6 Å². The molecule has 0 atom stereocenters. The van der Waals surface area contributed by atoms with Crippen molar-refractivity contribution >= 4 is 21.8 Å². The van der Waals surface area contributed by atoms with Gasteiger partial charge in [0.2, 0.25) is 5.91 Å². The van der Waals surface area contributed by atoms with E-state index in [0.717, 1.165) is 23.3 Å². The number of carbonyl (C=O) groups excluding carboxylic acids is 1. The lowest BCUT2D eigenvalue weighted by molar-refractivity contribution is -0.120. The van der Waals surface area contributed by atoms with Gasteiger partial charge in [-0.1, -0.05) is 24.3 Å². The van der Waals surface area contributed by atoms with Crippen LogP contribution in [0.25, 0.3) is 0 Å². The van der Waals surface area contributed by atoms with Crippen LogP contribution < -0.4 is 20.9 Å². The third kappa shape index (κ3) is 6.49. The quantitative estimate of drug-likeness (QED) is 0.452. The van der Waals surface area contributed by atoms with Gasteiger partial charge in [0.25, 0.3) is 5.56 Å². The molecule has 0 saturated heterocycles. The molecule has 1 aromatic heterocycles. The first-order valence-electron chi connectivity index (χ1n) is 10.2. The molecular formula is C24H24BrF2N3O3. The summed E-state index contributed by atoms with van der Waals surface area (Å²) in [6.45, 7) is 2.67. The number of nitrogens with one attached hydrogen (secondary N) is 2. The lowest BCUT2D eigenvalue weighted by atomic mass is 10.1. The second kappa shape index (κ2) is 11.2. The molecule has 0 unspecified atom stereocenters. The molecular weight excluding hydrogens is 496 g/mol. The third-order valence-electron chi connectivity index (χ3n) is 5.00. The van der Waals surface area contributed by atoms with Crippen LogP contribution in [-0.4, -0.2) is 24.1 Å². The molecule has 1 heterocycles. The Morgan fingerprint density at radius 2 is 1.79 bits per heavy atom. The number of hydrogen-bond donors (Lipinski definition) is 2. The molecule has 0 aliphatic carbocycles. The van der Waals surface area contributed by atoms with E-state index in [1.54, 1.807) is 24.6 Å². The number of aromatic nitrogens is 1. The van der Waals surface area contributed by atoms with Gasteiger partial charge in [0, 0.05) is 29.9 Å². The Balaban J connectivity index is 1.69. The van der Waals surface area contributed by atoms with Gasteiger partial charge in [-0.3, -0.25) is 9.59 Å². The topological polar surface area (TPSA) is 72.4 Å². The van der Waals surface area contributed by atoms with Crippen molar-refractivity contribution in [2.45, 2.75) is 26.6 Å². The van der Waals surface area contributed by atoms with Gasteiger partial charge in [-0.05, 0) is 53.2 Å². The fraction of sp³-hybridized carbons (Fsp3) is 0.250. The van der Waals surface area contributed by atoms with Gasteiger partial charge in [-0.2, -0.15) is 0 Å². The highest BCUT2D eigenvalue weighted by atomic mass is 79.9. The van der Waals surface area contributed by atoms with E-state index in [1.807, 2.05) is 24.3 Å². The standard InChI is InChI=1S/C24H24BrF2N3O3/c1-15-9-21(33-14-18-7-8-19(26)10-20(18)27)23(25)24(32)30(15)13-17-5-3-16(4-6-17)11-29-22(31)12-28-2/h3-10,28H,11-14H2,1-2H3,(H,29,31). The van der Waals surface area contributed by atoms with Gasteiger partial charge in [0.1, 0.15) is 28.5 Å². The minimum absolute atomic E-state index is 0.0851. The predicted molar refractivity (Wildman–Crippen MR) is 125 cm³/mol. The van der Waals surface area contributed by atoms with Gasteiger partial charge >= 0.3 is 0 Å². The SMILES string of the molecule is CNCC(=O)NCc1ccc(Cn2c(C)cc(OCc3ccc(F)cc3F)c(Br)c2=O)cc1. The van der Waals surface area contributed by atoms with Crippen LogP contribution in [0.15, 0.2) is 57.8 Å². The largest absolute Gasteiger partial charge is 0.487 e. The number of nitrogens with zero attached hydrogens (tertiary/aromatic N) is 1. The minimum atomic E-state index is -0.707. The first-order chi connectivity index (χ1) is 15.8. The van der Waals surface area contributed by atoms with Crippen LogP contribution in [0.2, 0.25) is 0 Å². The summed E-state index contributed by atoms with van der Waals surface area (Å²) in [5, 5.41) is 5.60. The van der Waals surface area contributed by atoms with E-state index in [9.17, 15) is 18.4 Å².